The summed E-state index contributed by atoms with van der Waals surface area (Å²) in [4.78, 5) is 22.7. The zero-order valence-corrected chi connectivity index (χ0v) is 11.5. The highest BCUT2D eigenvalue weighted by atomic mass is 35.5. The molecule has 0 spiro atoms. The van der Waals surface area contributed by atoms with Gasteiger partial charge in [-0.1, -0.05) is 36.7 Å². The molecule has 0 saturated carbocycles. The average molecular weight is 281 g/mol. The van der Waals surface area contributed by atoms with Gasteiger partial charge in [0.2, 0.25) is 11.8 Å². The SMILES string of the molecule is CCCNC(=O)CNC(=O)/C=C/c1ccccc1Cl. The third kappa shape index (κ3) is 6.06. The minimum atomic E-state index is -0.327. The molecule has 0 atom stereocenters. The third-order valence-electron chi connectivity index (χ3n) is 2.31. The molecule has 0 aliphatic carbocycles. The second kappa shape index (κ2) is 8.32. The van der Waals surface area contributed by atoms with E-state index in [4.69, 9.17) is 11.6 Å². The van der Waals surface area contributed by atoms with Gasteiger partial charge < -0.3 is 10.6 Å². The third-order valence-corrected chi connectivity index (χ3v) is 2.66. The maximum absolute atomic E-state index is 11.5. The van der Waals surface area contributed by atoms with E-state index in [2.05, 4.69) is 10.6 Å². The van der Waals surface area contributed by atoms with Crippen molar-refractivity contribution in [3.8, 4) is 0 Å². The molecular formula is C14H17ClN2O2. The number of halogens is 1. The van der Waals surface area contributed by atoms with Crippen molar-refractivity contribution in [1.29, 1.82) is 0 Å². The fourth-order valence-electron chi connectivity index (χ4n) is 1.33. The van der Waals surface area contributed by atoms with Crippen LogP contribution in [0.15, 0.2) is 30.3 Å². The van der Waals surface area contributed by atoms with E-state index >= 15 is 0 Å². The number of nitrogens with one attached hydrogen (secondary N) is 2. The fraction of sp³-hybridized carbons (Fsp3) is 0.286. The van der Waals surface area contributed by atoms with Crippen LogP contribution in [0.25, 0.3) is 6.08 Å². The number of benzene rings is 1. The number of rotatable bonds is 6. The highest BCUT2D eigenvalue weighted by Gasteiger charge is 2.02. The van der Waals surface area contributed by atoms with E-state index in [-0.39, 0.29) is 18.4 Å². The molecule has 19 heavy (non-hydrogen) atoms. The van der Waals surface area contributed by atoms with Gasteiger partial charge in [-0.2, -0.15) is 0 Å². The van der Waals surface area contributed by atoms with Crippen LogP contribution in [0.5, 0.6) is 0 Å². The second-order valence-electron chi connectivity index (χ2n) is 3.92. The van der Waals surface area contributed by atoms with Crippen LogP contribution in [-0.4, -0.2) is 24.9 Å². The molecule has 0 bridgehead atoms. The minimum Gasteiger partial charge on any atom is -0.355 e. The van der Waals surface area contributed by atoms with Crippen molar-refractivity contribution in [2.24, 2.45) is 0 Å². The van der Waals surface area contributed by atoms with Gasteiger partial charge in [0, 0.05) is 17.6 Å². The number of amides is 2. The number of hydrogen-bond donors (Lipinski definition) is 2. The van der Waals surface area contributed by atoms with E-state index in [1.54, 1.807) is 18.2 Å². The molecule has 0 heterocycles. The van der Waals surface area contributed by atoms with E-state index in [1.165, 1.54) is 6.08 Å². The van der Waals surface area contributed by atoms with Crippen molar-refractivity contribution < 1.29 is 9.59 Å². The topological polar surface area (TPSA) is 58.2 Å². The normalized spacial score (nSPS) is 10.4. The fourth-order valence-corrected chi connectivity index (χ4v) is 1.53. The van der Waals surface area contributed by atoms with Crippen LogP contribution in [0.1, 0.15) is 18.9 Å². The summed E-state index contributed by atoms with van der Waals surface area (Å²) in [5, 5.41) is 5.75. The van der Waals surface area contributed by atoms with Gasteiger partial charge in [0.25, 0.3) is 0 Å². The molecular weight excluding hydrogens is 264 g/mol. The van der Waals surface area contributed by atoms with Crippen molar-refractivity contribution >= 4 is 29.5 Å². The first-order chi connectivity index (χ1) is 9.13. The van der Waals surface area contributed by atoms with Gasteiger partial charge in [0.1, 0.15) is 0 Å². The van der Waals surface area contributed by atoms with Gasteiger partial charge in [-0.05, 0) is 24.1 Å². The molecule has 102 valence electrons. The summed E-state index contributed by atoms with van der Waals surface area (Å²) in [5.41, 5.74) is 0.759. The Labute approximate surface area is 117 Å². The van der Waals surface area contributed by atoms with Crippen molar-refractivity contribution in [3.05, 3.63) is 40.9 Å². The molecule has 1 rings (SSSR count). The van der Waals surface area contributed by atoms with Gasteiger partial charge in [0.15, 0.2) is 0 Å². The summed E-state index contributed by atoms with van der Waals surface area (Å²) in [6.45, 7) is 2.56. The van der Waals surface area contributed by atoms with Crippen LogP contribution in [0.2, 0.25) is 5.02 Å². The summed E-state index contributed by atoms with van der Waals surface area (Å²) >= 11 is 5.95. The van der Waals surface area contributed by atoms with Crippen LogP contribution in [0.3, 0.4) is 0 Å². The van der Waals surface area contributed by atoms with Crippen molar-refractivity contribution in [1.82, 2.24) is 10.6 Å². The summed E-state index contributed by atoms with van der Waals surface area (Å²) in [6, 6.07) is 7.21. The molecule has 5 heteroatoms. The Morgan fingerprint density at radius 1 is 1.26 bits per heavy atom. The summed E-state index contributed by atoms with van der Waals surface area (Å²) in [6.07, 6.45) is 3.84. The number of hydrogen-bond acceptors (Lipinski definition) is 2. The van der Waals surface area contributed by atoms with E-state index in [0.717, 1.165) is 12.0 Å². The second-order valence-corrected chi connectivity index (χ2v) is 4.33. The van der Waals surface area contributed by atoms with Crippen molar-refractivity contribution in [2.45, 2.75) is 13.3 Å². The Hall–Kier alpha value is -1.81. The zero-order chi connectivity index (χ0) is 14.1. The largest absolute Gasteiger partial charge is 0.355 e. The molecule has 0 saturated heterocycles. The Bertz CT molecular complexity index is 472. The Balaban J connectivity index is 2.39. The van der Waals surface area contributed by atoms with E-state index in [0.29, 0.717) is 11.6 Å². The van der Waals surface area contributed by atoms with Crippen LogP contribution in [0, 0.1) is 0 Å². The molecule has 2 amide bonds. The summed E-state index contributed by atoms with van der Waals surface area (Å²) < 4.78 is 0. The summed E-state index contributed by atoms with van der Waals surface area (Å²) in [7, 11) is 0. The lowest BCUT2D eigenvalue weighted by Crippen LogP contribution is -2.36. The van der Waals surface area contributed by atoms with Crippen molar-refractivity contribution in [3.63, 3.8) is 0 Å². The molecule has 0 aromatic heterocycles. The Morgan fingerprint density at radius 3 is 2.68 bits per heavy atom. The smallest absolute Gasteiger partial charge is 0.244 e. The van der Waals surface area contributed by atoms with Gasteiger partial charge in [0.05, 0.1) is 6.54 Å². The average Bonchev–Trinajstić information content (AvgIpc) is 2.42. The first kappa shape index (κ1) is 15.2. The maximum atomic E-state index is 11.5. The predicted octanol–water partition coefficient (Wildman–Crippen LogP) is 2.00. The van der Waals surface area contributed by atoms with Gasteiger partial charge in [-0.3, -0.25) is 9.59 Å². The van der Waals surface area contributed by atoms with Crippen LogP contribution >= 0.6 is 11.6 Å². The molecule has 2 N–H and O–H groups in total. The zero-order valence-electron chi connectivity index (χ0n) is 10.8. The first-order valence-corrected chi connectivity index (χ1v) is 6.48. The highest BCUT2D eigenvalue weighted by Crippen LogP contribution is 2.15. The molecule has 0 aliphatic heterocycles. The van der Waals surface area contributed by atoms with Gasteiger partial charge in [-0.25, -0.2) is 0 Å². The molecule has 0 unspecified atom stereocenters. The Morgan fingerprint density at radius 2 is 2.00 bits per heavy atom. The van der Waals surface area contributed by atoms with Crippen LogP contribution in [0.4, 0.5) is 0 Å². The number of carbonyl (C=O) groups excluding carboxylic acids is 2. The molecule has 1 aromatic carbocycles. The lowest BCUT2D eigenvalue weighted by atomic mass is 10.2. The quantitative estimate of drug-likeness (QED) is 0.783. The van der Waals surface area contributed by atoms with Gasteiger partial charge >= 0.3 is 0 Å². The van der Waals surface area contributed by atoms with E-state index in [1.807, 2.05) is 19.1 Å². The lowest BCUT2D eigenvalue weighted by Gasteiger charge is -2.03. The molecule has 4 nitrogen and oxygen atoms in total. The number of carbonyl (C=O) groups is 2. The molecule has 0 radical (unpaired) electrons. The summed E-state index contributed by atoms with van der Waals surface area (Å²) in [5.74, 6) is -0.520. The standard InChI is InChI=1S/C14H17ClN2O2/c1-2-9-16-14(19)10-17-13(18)8-7-11-5-3-4-6-12(11)15/h3-8H,2,9-10H2,1H3,(H,16,19)(H,17,18)/b8-7+. The Kier molecular flexibility index (Phi) is 6.68. The predicted molar refractivity (Wildman–Crippen MR) is 76.8 cm³/mol. The van der Waals surface area contributed by atoms with Crippen molar-refractivity contribution in [2.75, 3.05) is 13.1 Å². The molecule has 0 fully saturated rings. The van der Waals surface area contributed by atoms with E-state index in [9.17, 15) is 9.59 Å². The first-order valence-electron chi connectivity index (χ1n) is 6.10. The van der Waals surface area contributed by atoms with Crippen LogP contribution < -0.4 is 10.6 Å². The van der Waals surface area contributed by atoms with Crippen LogP contribution in [-0.2, 0) is 9.59 Å². The highest BCUT2D eigenvalue weighted by molar-refractivity contribution is 6.32. The maximum Gasteiger partial charge on any atom is 0.244 e. The van der Waals surface area contributed by atoms with E-state index < -0.39 is 0 Å². The molecule has 1 aromatic rings. The molecule has 0 aliphatic rings. The van der Waals surface area contributed by atoms with Gasteiger partial charge in [-0.15, -0.1) is 0 Å². The lowest BCUT2D eigenvalue weighted by molar-refractivity contribution is -0.123. The monoisotopic (exact) mass is 280 g/mol. The minimum absolute atomic E-state index is 0.0221.